The third kappa shape index (κ3) is 5.69. The van der Waals surface area contributed by atoms with Gasteiger partial charge >= 0.3 is 12.1 Å². The minimum Gasteiger partial charge on any atom is -0.491 e. The molecule has 1 unspecified atom stereocenters. The summed E-state index contributed by atoms with van der Waals surface area (Å²) in [5.74, 6) is -1.10. The molecule has 7 heteroatoms. The maximum Gasteiger partial charge on any atom is 0.416 e. The van der Waals surface area contributed by atoms with E-state index in [0.717, 1.165) is 30.5 Å². The summed E-state index contributed by atoms with van der Waals surface area (Å²) in [6.45, 7) is 0.457. The fraction of sp³-hybridized carbons (Fsp3) is 0.269. The first kappa shape index (κ1) is 23.2. The van der Waals surface area contributed by atoms with Crippen LogP contribution in [0, 0.1) is 5.92 Å². The Morgan fingerprint density at radius 1 is 1.06 bits per heavy atom. The van der Waals surface area contributed by atoms with Crippen molar-refractivity contribution in [3.63, 3.8) is 0 Å². The van der Waals surface area contributed by atoms with Crippen molar-refractivity contribution in [3.05, 3.63) is 88.4 Å². The summed E-state index contributed by atoms with van der Waals surface area (Å²) in [5, 5.41) is 10.2. The molecule has 0 amide bonds. The monoisotopic (exact) mass is 474 g/mol. The number of hydrogen-bond donors (Lipinski definition) is 1. The number of aliphatic carboxylic acids is 1. The number of hydrogen-bond acceptors (Lipinski definition) is 2. The lowest BCUT2D eigenvalue weighted by atomic mass is 9.89. The van der Waals surface area contributed by atoms with Gasteiger partial charge in [0.25, 0.3) is 0 Å². The molecule has 0 radical (unpaired) electrons. The van der Waals surface area contributed by atoms with Crippen LogP contribution in [0.5, 0.6) is 5.75 Å². The molecule has 0 bridgehead atoms. The van der Waals surface area contributed by atoms with Crippen molar-refractivity contribution in [2.45, 2.75) is 31.4 Å². The average molecular weight is 475 g/mol. The van der Waals surface area contributed by atoms with Crippen molar-refractivity contribution >= 4 is 17.6 Å². The van der Waals surface area contributed by atoms with E-state index in [9.17, 15) is 23.1 Å². The van der Waals surface area contributed by atoms with Gasteiger partial charge in [0.05, 0.1) is 23.1 Å². The number of rotatable bonds is 8. The first-order valence-electron chi connectivity index (χ1n) is 10.6. The van der Waals surface area contributed by atoms with Crippen molar-refractivity contribution in [1.29, 1.82) is 0 Å². The summed E-state index contributed by atoms with van der Waals surface area (Å²) in [5.41, 5.74) is 1.50. The van der Waals surface area contributed by atoms with Crippen LogP contribution in [0.15, 0.2) is 66.7 Å². The summed E-state index contributed by atoms with van der Waals surface area (Å²) < 4.78 is 45.1. The normalized spacial score (nSPS) is 14.7. The number of ether oxygens (including phenoxy) is 1. The smallest absolute Gasteiger partial charge is 0.416 e. The molecule has 172 valence electrons. The van der Waals surface area contributed by atoms with Gasteiger partial charge in [0.2, 0.25) is 0 Å². The second kappa shape index (κ2) is 9.48. The average Bonchev–Trinajstić information content (AvgIpc) is 3.61. The summed E-state index contributed by atoms with van der Waals surface area (Å²) in [6, 6.07) is 17.2. The number of carbonyl (C=O) groups is 1. The Labute approximate surface area is 194 Å². The minimum absolute atomic E-state index is 0.238. The van der Waals surface area contributed by atoms with Gasteiger partial charge in [-0.25, -0.2) is 0 Å². The Morgan fingerprint density at radius 3 is 2.30 bits per heavy atom. The van der Waals surface area contributed by atoms with E-state index in [0.29, 0.717) is 35.0 Å². The first-order valence-corrected chi connectivity index (χ1v) is 11.0. The third-order valence-electron chi connectivity index (χ3n) is 5.73. The van der Waals surface area contributed by atoms with Crippen LogP contribution in [-0.2, 0) is 17.4 Å². The maximum atomic E-state index is 13.0. The minimum atomic E-state index is -4.45. The molecule has 1 aliphatic rings. The van der Waals surface area contributed by atoms with Gasteiger partial charge in [-0.05, 0) is 66.1 Å². The van der Waals surface area contributed by atoms with Crippen LogP contribution in [0.4, 0.5) is 13.2 Å². The summed E-state index contributed by atoms with van der Waals surface area (Å²) >= 11 is 6.55. The van der Waals surface area contributed by atoms with Crippen molar-refractivity contribution in [3.8, 4) is 16.9 Å². The molecule has 0 spiro atoms. The molecule has 1 saturated carbocycles. The van der Waals surface area contributed by atoms with Crippen LogP contribution in [-0.4, -0.2) is 17.7 Å². The van der Waals surface area contributed by atoms with Gasteiger partial charge < -0.3 is 9.84 Å². The molecule has 3 aromatic carbocycles. The van der Waals surface area contributed by atoms with E-state index < -0.39 is 23.6 Å². The number of alkyl halides is 3. The second-order valence-electron chi connectivity index (χ2n) is 8.29. The van der Waals surface area contributed by atoms with Gasteiger partial charge in [-0.15, -0.1) is 0 Å². The Morgan fingerprint density at radius 2 is 1.73 bits per heavy atom. The van der Waals surface area contributed by atoms with Gasteiger partial charge in [0, 0.05) is 5.56 Å². The molecular weight excluding hydrogens is 453 g/mol. The molecule has 0 aliphatic heterocycles. The number of carboxylic acid groups (broad SMARTS) is 1. The van der Waals surface area contributed by atoms with Crippen LogP contribution in [0.2, 0.25) is 5.02 Å². The van der Waals surface area contributed by atoms with Crippen LogP contribution in [0.3, 0.4) is 0 Å². The maximum absolute atomic E-state index is 13.0. The highest BCUT2D eigenvalue weighted by molar-refractivity contribution is 6.32. The highest BCUT2D eigenvalue weighted by Crippen LogP contribution is 2.42. The Balaban J connectivity index is 1.75. The van der Waals surface area contributed by atoms with E-state index in [2.05, 4.69) is 0 Å². The largest absolute Gasteiger partial charge is 0.491 e. The zero-order valence-electron chi connectivity index (χ0n) is 17.6. The first-order chi connectivity index (χ1) is 15.7. The standard InChI is InChI=1S/C26H22ClF3O3/c27-23-14-19(22(25(31)32)12-16-4-2-1-3-5-16)13-21(24(23)33-15-17-6-7-17)18-8-10-20(11-9-18)26(28,29)30/h1-5,8-11,13-14,17,22H,6-7,12,15H2,(H,31,32). The molecule has 4 rings (SSSR count). The van der Waals surface area contributed by atoms with Gasteiger partial charge in [-0.1, -0.05) is 54.1 Å². The Kier molecular flexibility index (Phi) is 6.66. The zero-order chi connectivity index (χ0) is 23.6. The lowest BCUT2D eigenvalue weighted by Crippen LogP contribution is -2.15. The van der Waals surface area contributed by atoms with E-state index >= 15 is 0 Å². The molecule has 3 aromatic rings. The fourth-order valence-electron chi connectivity index (χ4n) is 3.70. The molecule has 1 atom stereocenters. The quantitative estimate of drug-likeness (QED) is 0.374. The van der Waals surface area contributed by atoms with E-state index in [-0.39, 0.29) is 11.4 Å². The molecule has 1 fully saturated rings. The summed E-state index contributed by atoms with van der Waals surface area (Å²) in [4.78, 5) is 12.1. The molecule has 0 aromatic heterocycles. The van der Waals surface area contributed by atoms with Gasteiger partial charge in [0.15, 0.2) is 0 Å². The molecule has 1 N–H and O–H groups in total. The molecule has 0 saturated heterocycles. The third-order valence-corrected chi connectivity index (χ3v) is 6.01. The topological polar surface area (TPSA) is 46.5 Å². The van der Waals surface area contributed by atoms with E-state index in [1.807, 2.05) is 30.3 Å². The van der Waals surface area contributed by atoms with E-state index in [4.69, 9.17) is 16.3 Å². The Hall–Kier alpha value is -2.99. The van der Waals surface area contributed by atoms with Crippen molar-refractivity contribution in [2.24, 2.45) is 5.92 Å². The predicted octanol–water partition coefficient (Wildman–Crippen LogP) is 7.23. The van der Waals surface area contributed by atoms with E-state index in [1.54, 1.807) is 12.1 Å². The van der Waals surface area contributed by atoms with Crippen molar-refractivity contribution < 1.29 is 27.8 Å². The zero-order valence-corrected chi connectivity index (χ0v) is 18.4. The molecule has 1 aliphatic carbocycles. The number of halogens is 4. The fourth-order valence-corrected chi connectivity index (χ4v) is 3.98. The highest BCUT2D eigenvalue weighted by Gasteiger charge is 2.31. The summed E-state index contributed by atoms with van der Waals surface area (Å²) in [7, 11) is 0. The van der Waals surface area contributed by atoms with Crippen LogP contribution >= 0.6 is 11.6 Å². The van der Waals surface area contributed by atoms with Gasteiger partial charge in [-0.3, -0.25) is 4.79 Å². The van der Waals surface area contributed by atoms with Crippen LogP contribution in [0.1, 0.15) is 35.4 Å². The molecule has 0 heterocycles. The SMILES string of the molecule is O=C(O)C(Cc1ccccc1)c1cc(Cl)c(OCC2CC2)c(-c2ccc(C(F)(F)F)cc2)c1. The highest BCUT2D eigenvalue weighted by atomic mass is 35.5. The van der Waals surface area contributed by atoms with Crippen LogP contribution < -0.4 is 4.74 Å². The van der Waals surface area contributed by atoms with Crippen LogP contribution in [0.25, 0.3) is 11.1 Å². The predicted molar refractivity (Wildman–Crippen MR) is 121 cm³/mol. The lowest BCUT2D eigenvalue weighted by molar-refractivity contribution is -0.139. The molecular formula is C26H22ClF3O3. The van der Waals surface area contributed by atoms with E-state index in [1.165, 1.54) is 12.1 Å². The van der Waals surface area contributed by atoms with Gasteiger partial charge in [-0.2, -0.15) is 13.2 Å². The van der Waals surface area contributed by atoms with Crippen molar-refractivity contribution in [2.75, 3.05) is 6.61 Å². The summed E-state index contributed by atoms with van der Waals surface area (Å²) in [6.07, 6.45) is -2.08. The second-order valence-corrected chi connectivity index (χ2v) is 8.70. The molecule has 3 nitrogen and oxygen atoms in total. The molecule has 33 heavy (non-hydrogen) atoms. The van der Waals surface area contributed by atoms with Gasteiger partial charge in [0.1, 0.15) is 5.75 Å². The lowest BCUT2D eigenvalue weighted by Gasteiger charge is -2.19. The van der Waals surface area contributed by atoms with Crippen molar-refractivity contribution in [1.82, 2.24) is 0 Å². The number of carboxylic acids is 1. The number of benzene rings is 3. The Bertz CT molecular complexity index is 1120.